The van der Waals surface area contributed by atoms with Crippen molar-refractivity contribution in [1.29, 1.82) is 0 Å². The highest BCUT2D eigenvalue weighted by atomic mass is 32.1. The van der Waals surface area contributed by atoms with Crippen LogP contribution in [0, 0.1) is 0 Å². The average Bonchev–Trinajstić information content (AvgIpc) is 4.03. The summed E-state index contributed by atoms with van der Waals surface area (Å²) in [6.45, 7) is 33.5. The number of thiophene rings is 1. The highest BCUT2D eigenvalue weighted by molar-refractivity contribution is 7.26. The largest absolute Gasteiger partial charge is 0.335 e. The molecule has 2 unspecified atom stereocenters. The molecule has 4 heterocycles. The molecular weight excluding hydrogens is 950 g/mol. The zero-order valence-electron chi connectivity index (χ0n) is 48.2. The van der Waals surface area contributed by atoms with Gasteiger partial charge in [0.25, 0.3) is 6.71 Å². The van der Waals surface area contributed by atoms with Gasteiger partial charge in [0.1, 0.15) is 0 Å². The van der Waals surface area contributed by atoms with Crippen LogP contribution in [0.15, 0.2) is 158 Å². The number of nitrogens with zero attached hydrogens (tertiary/aromatic N) is 3. The van der Waals surface area contributed by atoms with Crippen molar-refractivity contribution < 1.29 is 0 Å². The summed E-state index contributed by atoms with van der Waals surface area (Å²) in [5, 5.41) is 2.74. The van der Waals surface area contributed by atoms with Crippen LogP contribution in [-0.2, 0) is 27.1 Å². The molecule has 0 saturated heterocycles. The van der Waals surface area contributed by atoms with E-state index in [1.807, 2.05) is 11.3 Å². The van der Waals surface area contributed by atoms with Gasteiger partial charge >= 0.3 is 0 Å². The van der Waals surface area contributed by atoms with Gasteiger partial charge in [0.2, 0.25) is 0 Å². The number of hydrogen-bond acceptors (Lipinski definition) is 4. The Morgan fingerprint density at radius 2 is 1.05 bits per heavy atom. The van der Waals surface area contributed by atoms with E-state index >= 15 is 0 Å². The lowest BCUT2D eigenvalue weighted by Crippen LogP contribution is -2.64. The van der Waals surface area contributed by atoms with E-state index in [1.54, 1.807) is 5.56 Å². The molecule has 0 spiro atoms. The predicted octanol–water partition coefficient (Wildman–Crippen LogP) is 18.7. The van der Waals surface area contributed by atoms with Crippen LogP contribution in [0.5, 0.6) is 0 Å². The van der Waals surface area contributed by atoms with Gasteiger partial charge in [0.15, 0.2) is 0 Å². The number of fused-ring (bicyclic) bond motifs is 11. The second kappa shape index (κ2) is 17.0. The molecule has 13 rings (SSSR count). The lowest BCUT2D eigenvalue weighted by Gasteiger charge is -2.53. The fraction of sp³-hybridized carbons (Fsp3) is 0.333. The van der Waals surface area contributed by atoms with Crippen molar-refractivity contribution in [2.45, 2.75) is 155 Å². The van der Waals surface area contributed by atoms with Crippen molar-refractivity contribution in [3.8, 4) is 11.1 Å². The van der Waals surface area contributed by atoms with Gasteiger partial charge in [-0.1, -0.05) is 194 Å². The summed E-state index contributed by atoms with van der Waals surface area (Å²) in [6.07, 6.45) is 4.75. The van der Waals surface area contributed by atoms with Crippen LogP contribution in [0.3, 0.4) is 0 Å². The first-order valence-electron chi connectivity index (χ1n) is 28.6. The fourth-order valence-corrected chi connectivity index (χ4v) is 15.3. The standard InChI is InChI=1S/C72H76BN3S/c1-67(2,3)46-26-31-50(32-27-46)74(51-33-28-47(29-34-51)68(4,5)6)52-43-59-64-60(44-52)76-66-55(71(13)38-20-21-39-72(71,76)14)41-49(70(10,11)12)42-56(66)73(64)65-58(36-37-62-63(65)53-24-18-19-25-61(53)77-62)75(59)57-35-30-48(69(7,8)9)40-54(57)45-22-16-15-17-23-45/h15-19,22-37,40-44H,20-21,38-39H2,1-14H3. The molecule has 2 atom stereocenters. The van der Waals surface area contributed by atoms with E-state index in [4.69, 9.17) is 0 Å². The Morgan fingerprint density at radius 1 is 0.481 bits per heavy atom. The van der Waals surface area contributed by atoms with E-state index in [1.165, 1.54) is 118 Å². The van der Waals surface area contributed by atoms with Crippen molar-refractivity contribution >= 4 is 100 Å². The Labute approximate surface area is 464 Å². The third-order valence-electron chi connectivity index (χ3n) is 18.8. The molecular formula is C72H76BN3S. The second-order valence-electron chi connectivity index (χ2n) is 27.8. The summed E-state index contributed by atoms with van der Waals surface area (Å²) < 4.78 is 2.69. The molecule has 3 aliphatic heterocycles. The molecule has 1 aromatic heterocycles. The molecule has 1 fully saturated rings. The molecule has 4 aliphatic rings. The lowest BCUT2D eigenvalue weighted by atomic mass is 9.32. The minimum Gasteiger partial charge on any atom is -0.335 e. The number of hydrogen-bond donors (Lipinski definition) is 0. The van der Waals surface area contributed by atoms with Gasteiger partial charge in [-0.25, -0.2) is 0 Å². The average molecular weight is 1030 g/mol. The van der Waals surface area contributed by atoms with E-state index in [0.29, 0.717) is 0 Å². The molecule has 5 heteroatoms. The Kier molecular flexibility index (Phi) is 11.0. The van der Waals surface area contributed by atoms with Crippen molar-refractivity contribution in [2.75, 3.05) is 14.7 Å². The number of benzene rings is 8. The Morgan fingerprint density at radius 3 is 1.69 bits per heavy atom. The van der Waals surface area contributed by atoms with Gasteiger partial charge in [-0.3, -0.25) is 0 Å². The van der Waals surface area contributed by atoms with Gasteiger partial charge in [-0.05, 0) is 169 Å². The third-order valence-corrected chi connectivity index (χ3v) is 20.0. The van der Waals surface area contributed by atoms with Crippen LogP contribution in [-0.4, -0.2) is 12.3 Å². The molecule has 1 saturated carbocycles. The van der Waals surface area contributed by atoms with Crippen molar-refractivity contribution in [3.63, 3.8) is 0 Å². The van der Waals surface area contributed by atoms with E-state index < -0.39 is 0 Å². The monoisotopic (exact) mass is 1030 g/mol. The summed E-state index contributed by atoms with van der Waals surface area (Å²) in [4.78, 5) is 8.21. The van der Waals surface area contributed by atoms with Crippen LogP contribution < -0.4 is 31.1 Å². The van der Waals surface area contributed by atoms with E-state index in [2.05, 4.69) is 269 Å². The van der Waals surface area contributed by atoms with Crippen LogP contribution >= 0.6 is 11.3 Å². The topological polar surface area (TPSA) is 9.72 Å². The van der Waals surface area contributed by atoms with Crippen molar-refractivity contribution in [1.82, 2.24) is 0 Å². The quantitative estimate of drug-likeness (QED) is 0.159. The van der Waals surface area contributed by atoms with Gasteiger partial charge in [0.05, 0.1) is 16.9 Å². The van der Waals surface area contributed by atoms with Crippen molar-refractivity contribution in [2.24, 2.45) is 0 Å². The molecule has 9 aromatic rings. The van der Waals surface area contributed by atoms with Gasteiger partial charge < -0.3 is 14.7 Å². The SMILES string of the molecule is CC(C)(C)c1ccc(N(c2ccc(C(C)(C)C)cc2)c2cc3c4c(c2)N2c5c(cc(C(C)(C)C)cc5C5(C)CCCCC25C)B4c2c(ccc4sc5ccccc5c24)N3c2ccc(C(C)(C)C)cc2-c2ccccc2)cc1. The molecule has 3 nitrogen and oxygen atoms in total. The van der Waals surface area contributed by atoms with Gasteiger partial charge in [-0.2, -0.15) is 0 Å². The fourth-order valence-electron chi connectivity index (χ4n) is 14.2. The maximum absolute atomic E-state index is 2.93. The maximum Gasteiger partial charge on any atom is 0.253 e. The van der Waals surface area contributed by atoms with Crippen LogP contribution in [0.1, 0.15) is 150 Å². The molecule has 1 aliphatic carbocycles. The summed E-state index contributed by atoms with van der Waals surface area (Å²) >= 11 is 1.94. The summed E-state index contributed by atoms with van der Waals surface area (Å²) in [6, 6.07) is 62.1. The zero-order chi connectivity index (χ0) is 53.9. The van der Waals surface area contributed by atoms with Gasteiger partial charge in [-0.15, -0.1) is 11.3 Å². The van der Waals surface area contributed by atoms with Crippen LogP contribution in [0.4, 0.5) is 45.5 Å². The highest BCUT2D eigenvalue weighted by Gasteiger charge is 2.62. The maximum atomic E-state index is 2.93. The van der Waals surface area contributed by atoms with Crippen LogP contribution in [0.2, 0.25) is 0 Å². The normalized spacial score (nSPS) is 18.9. The minimum atomic E-state index is -0.167. The van der Waals surface area contributed by atoms with Gasteiger partial charge in [0, 0.05) is 54.5 Å². The molecule has 0 N–H and O–H groups in total. The molecule has 0 bridgehead atoms. The highest BCUT2D eigenvalue weighted by Crippen LogP contribution is 2.63. The zero-order valence-corrected chi connectivity index (χ0v) is 49.0. The lowest BCUT2D eigenvalue weighted by molar-refractivity contribution is 0.195. The Bertz CT molecular complexity index is 3780. The first kappa shape index (κ1) is 50.0. The van der Waals surface area contributed by atoms with Crippen LogP contribution in [0.25, 0.3) is 31.3 Å². The smallest absolute Gasteiger partial charge is 0.253 e. The molecule has 0 amide bonds. The second-order valence-corrected chi connectivity index (χ2v) is 28.9. The minimum absolute atomic E-state index is 0.0185. The summed E-state index contributed by atoms with van der Waals surface area (Å²) in [5.41, 5.74) is 23.4. The summed E-state index contributed by atoms with van der Waals surface area (Å²) in [5.74, 6) is 0. The molecule has 0 radical (unpaired) electrons. The van der Waals surface area contributed by atoms with E-state index in [9.17, 15) is 0 Å². The molecule has 77 heavy (non-hydrogen) atoms. The molecule has 388 valence electrons. The first-order chi connectivity index (χ1) is 36.5. The predicted molar refractivity (Wildman–Crippen MR) is 336 cm³/mol. The summed E-state index contributed by atoms with van der Waals surface area (Å²) in [7, 11) is 0. The third kappa shape index (κ3) is 7.56. The van der Waals surface area contributed by atoms with E-state index in [-0.39, 0.29) is 39.3 Å². The van der Waals surface area contributed by atoms with E-state index in [0.717, 1.165) is 23.5 Å². The van der Waals surface area contributed by atoms with Crippen molar-refractivity contribution in [3.05, 3.63) is 186 Å². The first-order valence-corrected chi connectivity index (χ1v) is 29.4. The number of rotatable bonds is 5. The molecule has 8 aromatic carbocycles. The number of anilines is 8. The Balaban J connectivity index is 1.21. The Hall–Kier alpha value is -6.56.